The van der Waals surface area contributed by atoms with Crippen LogP contribution < -0.4 is 9.46 Å². The van der Waals surface area contributed by atoms with Crippen LogP contribution in [0.15, 0.2) is 51.8 Å². The lowest BCUT2D eigenvalue weighted by Crippen LogP contribution is -2.43. The Bertz CT molecular complexity index is 887. The van der Waals surface area contributed by atoms with Gasteiger partial charge in [0.05, 0.1) is 14.2 Å². The molecule has 26 heavy (non-hydrogen) atoms. The molecule has 1 atom stereocenters. The van der Waals surface area contributed by atoms with Gasteiger partial charge in [-0.2, -0.15) is 4.72 Å². The molecule has 0 aliphatic heterocycles. The molecule has 0 aliphatic rings. The second-order valence-corrected chi connectivity index (χ2v) is 8.36. The van der Waals surface area contributed by atoms with Gasteiger partial charge in [0, 0.05) is 9.50 Å². The van der Waals surface area contributed by atoms with E-state index in [1.165, 1.54) is 26.4 Å². The third-order valence-electron chi connectivity index (χ3n) is 3.55. The molecule has 1 unspecified atom stereocenters. The van der Waals surface area contributed by atoms with E-state index in [2.05, 4.69) is 20.7 Å². The summed E-state index contributed by atoms with van der Waals surface area (Å²) in [5.74, 6) is -0.534. The van der Waals surface area contributed by atoms with Crippen LogP contribution in [0.1, 0.15) is 5.56 Å². The van der Waals surface area contributed by atoms with Crippen molar-refractivity contribution < 1.29 is 22.7 Å². The Morgan fingerprint density at radius 1 is 1.19 bits per heavy atom. The van der Waals surface area contributed by atoms with E-state index in [1.807, 2.05) is 0 Å². The monoisotopic (exact) mass is 461 g/mol. The highest BCUT2D eigenvalue weighted by Crippen LogP contribution is 2.27. The number of benzene rings is 2. The number of carbonyl (C=O) groups is 1. The van der Waals surface area contributed by atoms with E-state index in [0.717, 1.165) is 5.56 Å². The lowest BCUT2D eigenvalue weighted by Gasteiger charge is -2.18. The fourth-order valence-electron chi connectivity index (χ4n) is 2.28. The number of nitrogens with one attached hydrogen (secondary N) is 1. The number of methoxy groups -OCH3 is 2. The second kappa shape index (κ2) is 8.85. The van der Waals surface area contributed by atoms with Gasteiger partial charge < -0.3 is 9.47 Å². The van der Waals surface area contributed by atoms with E-state index in [9.17, 15) is 13.2 Å². The Hall–Kier alpha value is -1.61. The summed E-state index contributed by atoms with van der Waals surface area (Å²) in [5, 5.41) is 0.544. The quantitative estimate of drug-likeness (QED) is 0.639. The minimum absolute atomic E-state index is 0.0839. The van der Waals surface area contributed by atoms with Crippen LogP contribution in [0.5, 0.6) is 5.75 Å². The molecule has 0 heterocycles. The van der Waals surface area contributed by atoms with Gasteiger partial charge in [-0.1, -0.05) is 39.7 Å². The minimum Gasteiger partial charge on any atom is -0.495 e. The molecule has 6 nitrogen and oxygen atoms in total. The van der Waals surface area contributed by atoms with Crippen molar-refractivity contribution in [3.63, 3.8) is 0 Å². The first-order valence-electron chi connectivity index (χ1n) is 7.45. The zero-order valence-electron chi connectivity index (χ0n) is 14.0. The number of hydrogen-bond acceptors (Lipinski definition) is 5. The van der Waals surface area contributed by atoms with Crippen LogP contribution in [0, 0.1) is 0 Å². The van der Waals surface area contributed by atoms with Crippen molar-refractivity contribution in [3.8, 4) is 5.75 Å². The molecule has 0 saturated heterocycles. The zero-order chi connectivity index (χ0) is 19.3. The molecule has 0 bridgehead atoms. The molecule has 0 saturated carbocycles. The van der Waals surface area contributed by atoms with E-state index >= 15 is 0 Å². The SMILES string of the molecule is COC(=O)C(Cc1ccc(Cl)cc1)NS(=O)(=O)c1cc(Br)ccc1OC. The fraction of sp³-hybridized carbons (Fsp3) is 0.235. The topological polar surface area (TPSA) is 81.7 Å². The Morgan fingerprint density at radius 2 is 1.85 bits per heavy atom. The van der Waals surface area contributed by atoms with Crippen molar-refractivity contribution in [2.45, 2.75) is 17.4 Å². The van der Waals surface area contributed by atoms with Crippen molar-refractivity contribution >= 4 is 43.5 Å². The van der Waals surface area contributed by atoms with Crippen molar-refractivity contribution in [2.75, 3.05) is 14.2 Å². The van der Waals surface area contributed by atoms with E-state index in [4.69, 9.17) is 21.1 Å². The summed E-state index contributed by atoms with van der Waals surface area (Å²) < 4.78 is 38.4. The molecule has 2 aromatic rings. The van der Waals surface area contributed by atoms with E-state index in [0.29, 0.717) is 9.50 Å². The Balaban J connectivity index is 2.33. The highest BCUT2D eigenvalue weighted by molar-refractivity contribution is 9.10. The Kier molecular flexibility index (Phi) is 7.05. The van der Waals surface area contributed by atoms with Gasteiger partial charge in [0.15, 0.2) is 0 Å². The number of esters is 1. The molecular weight excluding hydrogens is 446 g/mol. The van der Waals surface area contributed by atoms with Crippen molar-refractivity contribution in [3.05, 3.63) is 57.5 Å². The van der Waals surface area contributed by atoms with Gasteiger partial charge in [-0.3, -0.25) is 4.79 Å². The third kappa shape index (κ3) is 5.20. The lowest BCUT2D eigenvalue weighted by molar-refractivity contribution is -0.142. The van der Waals surface area contributed by atoms with Crippen molar-refractivity contribution in [1.29, 1.82) is 0 Å². The number of rotatable bonds is 7. The van der Waals surface area contributed by atoms with Gasteiger partial charge in [-0.15, -0.1) is 0 Å². The van der Waals surface area contributed by atoms with Crippen molar-refractivity contribution in [1.82, 2.24) is 4.72 Å². The second-order valence-electron chi connectivity index (χ2n) is 5.32. The van der Waals surface area contributed by atoms with Gasteiger partial charge in [0.25, 0.3) is 0 Å². The molecular formula is C17H17BrClNO5S. The summed E-state index contributed by atoms with van der Waals surface area (Å²) in [6.07, 6.45) is 0.111. The first-order valence-corrected chi connectivity index (χ1v) is 10.1. The normalized spacial score (nSPS) is 12.5. The molecule has 9 heteroatoms. The van der Waals surface area contributed by atoms with Crippen LogP contribution in [0.4, 0.5) is 0 Å². The largest absolute Gasteiger partial charge is 0.495 e. The highest BCUT2D eigenvalue weighted by Gasteiger charge is 2.29. The highest BCUT2D eigenvalue weighted by atomic mass is 79.9. The van der Waals surface area contributed by atoms with Gasteiger partial charge >= 0.3 is 5.97 Å². The van der Waals surface area contributed by atoms with E-state index in [-0.39, 0.29) is 17.1 Å². The molecule has 0 amide bonds. The predicted octanol–water partition coefficient (Wildman–Crippen LogP) is 3.17. The lowest BCUT2D eigenvalue weighted by atomic mass is 10.1. The molecule has 0 aliphatic carbocycles. The van der Waals surface area contributed by atoms with Crippen LogP contribution in [0.2, 0.25) is 5.02 Å². The summed E-state index contributed by atoms with van der Waals surface area (Å²) >= 11 is 9.09. The Morgan fingerprint density at radius 3 is 2.42 bits per heavy atom. The zero-order valence-corrected chi connectivity index (χ0v) is 17.2. The van der Waals surface area contributed by atoms with Crippen LogP contribution in [-0.4, -0.2) is 34.6 Å². The van der Waals surface area contributed by atoms with Crippen LogP contribution >= 0.6 is 27.5 Å². The van der Waals surface area contributed by atoms with Crippen LogP contribution in [-0.2, 0) is 26.0 Å². The van der Waals surface area contributed by atoms with E-state index in [1.54, 1.807) is 30.3 Å². The molecule has 0 spiro atoms. The van der Waals surface area contributed by atoms with Crippen molar-refractivity contribution in [2.24, 2.45) is 0 Å². The smallest absolute Gasteiger partial charge is 0.324 e. The summed E-state index contributed by atoms with van der Waals surface area (Å²) in [6, 6.07) is 10.2. The fourth-order valence-corrected chi connectivity index (χ4v) is 4.30. The molecule has 140 valence electrons. The molecule has 1 N–H and O–H groups in total. The van der Waals surface area contributed by atoms with Crippen LogP contribution in [0.25, 0.3) is 0 Å². The number of ether oxygens (including phenoxy) is 2. The van der Waals surface area contributed by atoms with Gasteiger partial charge in [0.2, 0.25) is 10.0 Å². The average Bonchev–Trinajstić information content (AvgIpc) is 2.62. The van der Waals surface area contributed by atoms with E-state index < -0.39 is 22.0 Å². The summed E-state index contributed by atoms with van der Waals surface area (Å²) in [6.45, 7) is 0. The van der Waals surface area contributed by atoms with Gasteiger partial charge in [0.1, 0.15) is 16.7 Å². The summed E-state index contributed by atoms with van der Waals surface area (Å²) in [5.41, 5.74) is 0.730. The standard InChI is InChI=1S/C17H17BrClNO5S/c1-24-15-8-5-12(18)10-16(15)26(22,23)20-14(17(21)25-2)9-11-3-6-13(19)7-4-11/h3-8,10,14,20H,9H2,1-2H3. The average molecular weight is 463 g/mol. The first kappa shape index (κ1) is 20.7. The predicted molar refractivity (Wildman–Crippen MR) is 102 cm³/mol. The number of hydrogen-bond donors (Lipinski definition) is 1. The third-order valence-corrected chi connectivity index (χ3v) is 5.79. The summed E-state index contributed by atoms with van der Waals surface area (Å²) in [7, 11) is -1.47. The maximum Gasteiger partial charge on any atom is 0.324 e. The van der Waals surface area contributed by atoms with Gasteiger partial charge in [-0.25, -0.2) is 8.42 Å². The molecule has 2 rings (SSSR count). The summed E-state index contributed by atoms with van der Waals surface area (Å²) in [4.78, 5) is 12.0. The minimum atomic E-state index is -4.04. The number of sulfonamides is 1. The molecule has 0 radical (unpaired) electrons. The number of carbonyl (C=O) groups excluding carboxylic acids is 1. The maximum atomic E-state index is 12.8. The Labute approximate surface area is 165 Å². The van der Waals surface area contributed by atoms with Crippen LogP contribution in [0.3, 0.4) is 0 Å². The molecule has 2 aromatic carbocycles. The molecule has 0 fully saturated rings. The first-order chi connectivity index (χ1) is 12.3. The molecule has 0 aromatic heterocycles. The number of halogens is 2. The maximum absolute atomic E-state index is 12.8. The van der Waals surface area contributed by atoms with Gasteiger partial charge in [-0.05, 0) is 42.3 Å².